The Labute approximate surface area is 169 Å². The van der Waals surface area contributed by atoms with Gasteiger partial charge in [0.15, 0.2) is 0 Å². The number of aryl methyl sites for hydroxylation is 1. The third kappa shape index (κ3) is 5.39. The van der Waals surface area contributed by atoms with Crippen LogP contribution in [-0.2, 0) is 21.2 Å². The summed E-state index contributed by atoms with van der Waals surface area (Å²) in [7, 11) is -3.51. The van der Waals surface area contributed by atoms with Crippen LogP contribution < -0.4 is 5.32 Å². The largest absolute Gasteiger partial charge is 0.321 e. The van der Waals surface area contributed by atoms with Gasteiger partial charge in [-0.25, -0.2) is 17.2 Å². The van der Waals surface area contributed by atoms with Crippen molar-refractivity contribution >= 4 is 21.6 Å². The lowest BCUT2D eigenvalue weighted by atomic mass is 10.1. The second-order valence-corrected chi connectivity index (χ2v) is 9.05. The minimum atomic E-state index is -3.51. The van der Waals surface area contributed by atoms with Gasteiger partial charge in [0, 0.05) is 19.5 Å². The molecule has 1 saturated heterocycles. The second kappa shape index (κ2) is 9.45. The Balaban J connectivity index is 1.59. The topological polar surface area (TPSA) is 66.5 Å². The van der Waals surface area contributed by atoms with E-state index in [0.717, 1.165) is 43.4 Å². The molecule has 1 N–H and O–H groups in total. The third-order valence-electron chi connectivity index (χ3n) is 4.99. The number of hydrogen-bond acceptors (Lipinski definition) is 3. The summed E-state index contributed by atoms with van der Waals surface area (Å²) >= 11 is 0. The van der Waals surface area contributed by atoms with Crippen molar-refractivity contribution in [3.05, 3.63) is 59.7 Å². The number of carbonyl (C=O) groups excluding carboxylic acids is 1. The van der Waals surface area contributed by atoms with Gasteiger partial charge >= 0.3 is 0 Å². The summed E-state index contributed by atoms with van der Waals surface area (Å²) in [6.07, 6.45) is 4.18. The van der Waals surface area contributed by atoms with Gasteiger partial charge in [-0.3, -0.25) is 4.79 Å². The molecule has 1 amide bonds. The number of benzene rings is 2. The fraction of sp³-hybridized carbons (Fsp3) is 0.381. The number of nitrogens with one attached hydrogen (secondary N) is 1. The van der Waals surface area contributed by atoms with E-state index >= 15 is 0 Å². The highest BCUT2D eigenvalue weighted by Gasteiger charge is 2.24. The van der Waals surface area contributed by atoms with Crippen LogP contribution in [0.25, 0.3) is 0 Å². The molecule has 156 valence electrons. The summed E-state index contributed by atoms with van der Waals surface area (Å²) in [6.45, 7) is 1.08. The van der Waals surface area contributed by atoms with Crippen LogP contribution in [0.3, 0.4) is 0 Å². The molecule has 8 heteroatoms. The van der Waals surface area contributed by atoms with E-state index < -0.39 is 33.3 Å². The third-order valence-corrected chi connectivity index (χ3v) is 6.91. The van der Waals surface area contributed by atoms with Crippen LogP contribution >= 0.6 is 0 Å². The Morgan fingerprint density at radius 1 is 0.931 bits per heavy atom. The Morgan fingerprint density at radius 2 is 1.52 bits per heavy atom. The second-order valence-electron chi connectivity index (χ2n) is 7.11. The first-order valence-corrected chi connectivity index (χ1v) is 11.1. The summed E-state index contributed by atoms with van der Waals surface area (Å²) in [4.78, 5) is 12.2. The predicted octanol–water partition coefficient (Wildman–Crippen LogP) is 4.10. The zero-order valence-electron chi connectivity index (χ0n) is 16.0. The van der Waals surface area contributed by atoms with E-state index in [1.807, 2.05) is 0 Å². The standard InChI is InChI=1S/C21H24F2N2O3S/c22-18-6-5-7-19(23)21(18)24-20(26)13-10-16-8-11-17(12-9-16)29(27,28)25-14-3-1-2-4-15-25/h5-9,11-12H,1-4,10,13-15H2,(H,24,26). The average Bonchev–Trinajstić information content (AvgIpc) is 3.00. The Morgan fingerprint density at radius 3 is 2.10 bits per heavy atom. The van der Waals surface area contributed by atoms with Gasteiger partial charge in [-0.1, -0.05) is 31.0 Å². The summed E-state index contributed by atoms with van der Waals surface area (Å²) in [5, 5.41) is 2.24. The monoisotopic (exact) mass is 422 g/mol. The van der Waals surface area contributed by atoms with Gasteiger partial charge in [-0.05, 0) is 49.1 Å². The van der Waals surface area contributed by atoms with Crippen molar-refractivity contribution in [1.82, 2.24) is 4.31 Å². The van der Waals surface area contributed by atoms with Crippen LogP contribution in [0.2, 0.25) is 0 Å². The van der Waals surface area contributed by atoms with Crippen molar-refractivity contribution < 1.29 is 22.0 Å². The maximum absolute atomic E-state index is 13.6. The quantitative estimate of drug-likeness (QED) is 0.762. The minimum absolute atomic E-state index is 0.0198. The number of hydrogen-bond donors (Lipinski definition) is 1. The summed E-state index contributed by atoms with van der Waals surface area (Å²) < 4.78 is 54.3. The molecule has 2 aromatic carbocycles. The molecule has 0 spiro atoms. The minimum Gasteiger partial charge on any atom is -0.321 e. The van der Waals surface area contributed by atoms with E-state index in [2.05, 4.69) is 5.32 Å². The number of anilines is 1. The number of rotatable bonds is 6. The highest BCUT2D eigenvalue weighted by Crippen LogP contribution is 2.21. The maximum atomic E-state index is 13.6. The molecule has 1 heterocycles. The molecule has 1 aliphatic heterocycles. The van der Waals surface area contributed by atoms with Gasteiger partial charge < -0.3 is 5.32 Å². The number of sulfonamides is 1. The first-order valence-electron chi connectivity index (χ1n) is 9.71. The van der Waals surface area contributed by atoms with Gasteiger partial charge in [0.05, 0.1) is 4.90 Å². The van der Waals surface area contributed by atoms with E-state index in [9.17, 15) is 22.0 Å². The fourth-order valence-corrected chi connectivity index (χ4v) is 4.85. The van der Waals surface area contributed by atoms with Crippen molar-refractivity contribution in [3.63, 3.8) is 0 Å². The molecule has 0 unspecified atom stereocenters. The van der Waals surface area contributed by atoms with Crippen molar-refractivity contribution in [1.29, 1.82) is 0 Å². The molecular formula is C21H24F2N2O3S. The molecule has 0 saturated carbocycles. The zero-order chi connectivity index (χ0) is 20.9. The van der Waals surface area contributed by atoms with Gasteiger partial charge in [0.2, 0.25) is 15.9 Å². The normalized spacial score (nSPS) is 15.7. The molecule has 29 heavy (non-hydrogen) atoms. The van der Waals surface area contributed by atoms with Crippen LogP contribution in [0.5, 0.6) is 0 Å². The smallest absolute Gasteiger partial charge is 0.243 e. The van der Waals surface area contributed by atoms with Crippen LogP contribution in [0.1, 0.15) is 37.7 Å². The predicted molar refractivity (Wildman–Crippen MR) is 107 cm³/mol. The lowest BCUT2D eigenvalue weighted by Gasteiger charge is -2.20. The fourth-order valence-electron chi connectivity index (χ4n) is 3.34. The van der Waals surface area contributed by atoms with Gasteiger partial charge in [-0.2, -0.15) is 4.31 Å². The van der Waals surface area contributed by atoms with Crippen LogP contribution in [0.4, 0.5) is 14.5 Å². The lowest BCUT2D eigenvalue weighted by molar-refractivity contribution is -0.116. The highest BCUT2D eigenvalue weighted by atomic mass is 32.2. The van der Waals surface area contributed by atoms with Crippen molar-refractivity contribution in [2.24, 2.45) is 0 Å². The SMILES string of the molecule is O=C(CCc1ccc(S(=O)(=O)N2CCCCCC2)cc1)Nc1c(F)cccc1F. The molecule has 2 aromatic rings. The molecule has 0 aromatic heterocycles. The Bertz CT molecular complexity index is 934. The van der Waals surface area contributed by atoms with Crippen molar-refractivity contribution in [2.75, 3.05) is 18.4 Å². The van der Waals surface area contributed by atoms with Crippen molar-refractivity contribution in [2.45, 2.75) is 43.4 Å². The van der Waals surface area contributed by atoms with Gasteiger partial charge in [0.1, 0.15) is 17.3 Å². The molecular weight excluding hydrogens is 398 g/mol. The molecule has 0 atom stereocenters. The number of halogens is 2. The Kier molecular flexibility index (Phi) is 6.97. The average molecular weight is 422 g/mol. The lowest BCUT2D eigenvalue weighted by Crippen LogP contribution is -2.31. The van der Waals surface area contributed by atoms with Gasteiger partial charge in [-0.15, -0.1) is 0 Å². The van der Waals surface area contributed by atoms with E-state index in [1.54, 1.807) is 24.3 Å². The number of nitrogens with zero attached hydrogens (tertiary/aromatic N) is 1. The Hall–Kier alpha value is -2.32. The van der Waals surface area contributed by atoms with Crippen molar-refractivity contribution in [3.8, 4) is 0 Å². The molecule has 3 rings (SSSR count). The molecule has 0 aliphatic carbocycles. The summed E-state index contributed by atoms with van der Waals surface area (Å²) in [5.41, 5.74) is 0.306. The van der Waals surface area contributed by atoms with E-state index in [-0.39, 0.29) is 11.3 Å². The molecule has 5 nitrogen and oxygen atoms in total. The van der Waals surface area contributed by atoms with Crippen LogP contribution in [-0.4, -0.2) is 31.7 Å². The molecule has 1 fully saturated rings. The van der Waals surface area contributed by atoms with Crippen LogP contribution in [0, 0.1) is 11.6 Å². The number of amides is 1. The van der Waals surface area contributed by atoms with E-state index in [4.69, 9.17) is 0 Å². The van der Waals surface area contributed by atoms with Crippen LogP contribution in [0.15, 0.2) is 47.4 Å². The molecule has 0 radical (unpaired) electrons. The maximum Gasteiger partial charge on any atom is 0.243 e. The first-order chi connectivity index (χ1) is 13.9. The summed E-state index contributed by atoms with van der Waals surface area (Å²) in [6, 6.07) is 9.79. The molecule has 1 aliphatic rings. The first kappa shape index (κ1) is 21.4. The van der Waals surface area contributed by atoms with Gasteiger partial charge in [0.25, 0.3) is 0 Å². The highest BCUT2D eigenvalue weighted by molar-refractivity contribution is 7.89. The van der Waals surface area contributed by atoms with E-state index in [0.29, 0.717) is 19.5 Å². The number of carbonyl (C=O) groups is 1. The number of para-hydroxylation sites is 1. The van der Waals surface area contributed by atoms with E-state index in [1.165, 1.54) is 10.4 Å². The molecule has 0 bridgehead atoms. The zero-order valence-corrected chi connectivity index (χ0v) is 16.9. The summed E-state index contributed by atoms with van der Waals surface area (Å²) in [5.74, 6) is -2.18.